The summed E-state index contributed by atoms with van der Waals surface area (Å²) >= 11 is 1.12. The fraction of sp³-hybridized carbons (Fsp3) is 0.278. The monoisotopic (exact) mass is 355 g/mol. The van der Waals surface area contributed by atoms with E-state index < -0.39 is 5.56 Å². The number of fused-ring (bicyclic) bond motifs is 3. The maximum atomic E-state index is 12.9. The zero-order valence-electron chi connectivity index (χ0n) is 13.5. The predicted octanol–water partition coefficient (Wildman–Crippen LogP) is 2.74. The zero-order chi connectivity index (χ0) is 17.4. The van der Waals surface area contributed by atoms with Gasteiger partial charge in [-0.2, -0.15) is 4.98 Å². The second-order valence-corrected chi connectivity index (χ2v) is 7.04. The van der Waals surface area contributed by atoms with Gasteiger partial charge in [-0.25, -0.2) is 0 Å². The van der Waals surface area contributed by atoms with Gasteiger partial charge in [-0.15, -0.1) is 0 Å². The number of hydrogen-bond donors (Lipinski definition) is 2. The van der Waals surface area contributed by atoms with Crippen molar-refractivity contribution < 1.29 is 9.90 Å². The Morgan fingerprint density at radius 2 is 2.08 bits per heavy atom. The molecule has 0 fully saturated rings. The van der Waals surface area contributed by atoms with Gasteiger partial charge in [0.25, 0.3) is 5.56 Å². The van der Waals surface area contributed by atoms with Crippen LogP contribution in [0.25, 0.3) is 10.9 Å². The van der Waals surface area contributed by atoms with E-state index in [-0.39, 0.29) is 22.7 Å². The number of rotatable bonds is 3. The van der Waals surface area contributed by atoms with Crippen molar-refractivity contribution in [2.45, 2.75) is 30.8 Å². The van der Waals surface area contributed by atoms with Gasteiger partial charge in [0.2, 0.25) is 11.8 Å². The lowest BCUT2D eigenvalue weighted by Crippen LogP contribution is -2.18. The van der Waals surface area contributed by atoms with Crippen LogP contribution in [0.5, 0.6) is 5.88 Å². The summed E-state index contributed by atoms with van der Waals surface area (Å²) in [6, 6.07) is 9.00. The average Bonchev–Trinajstić information content (AvgIpc) is 2.93. The van der Waals surface area contributed by atoms with Crippen LogP contribution in [-0.4, -0.2) is 31.3 Å². The lowest BCUT2D eigenvalue weighted by Gasteiger charge is -2.14. The van der Waals surface area contributed by atoms with Gasteiger partial charge in [-0.05, 0) is 37.3 Å². The standard InChI is InChI=1S/C18H17N3O3S/c22-15-9-16(23)20-18(19-15)25-10-17(24)21-13-7-3-1-5-11(13)12-6-2-4-8-14(12)21/h1,3,5,7,9H,2,4,6,8,10H2,(H2,19,20,22,23). The Hall–Kier alpha value is -2.54. The minimum atomic E-state index is -0.439. The molecule has 0 unspecified atom stereocenters. The molecule has 0 bridgehead atoms. The van der Waals surface area contributed by atoms with E-state index in [1.807, 2.05) is 22.8 Å². The smallest absolute Gasteiger partial charge is 0.255 e. The number of H-pyrrole nitrogens is 1. The molecule has 0 saturated heterocycles. The minimum Gasteiger partial charge on any atom is -0.493 e. The Morgan fingerprint density at radius 1 is 1.28 bits per heavy atom. The molecule has 4 rings (SSSR count). The van der Waals surface area contributed by atoms with Crippen LogP contribution >= 0.6 is 11.8 Å². The molecule has 1 aliphatic rings. The molecule has 2 N–H and O–H groups in total. The van der Waals surface area contributed by atoms with Crippen molar-refractivity contribution in [1.82, 2.24) is 14.5 Å². The van der Waals surface area contributed by atoms with Gasteiger partial charge in [-0.3, -0.25) is 14.2 Å². The van der Waals surface area contributed by atoms with Crippen molar-refractivity contribution in [3.05, 3.63) is 51.9 Å². The quantitative estimate of drug-likeness (QED) is 0.557. The van der Waals surface area contributed by atoms with Gasteiger partial charge in [-0.1, -0.05) is 30.0 Å². The van der Waals surface area contributed by atoms with Crippen LogP contribution in [0, 0.1) is 0 Å². The molecule has 0 atom stereocenters. The van der Waals surface area contributed by atoms with E-state index in [2.05, 4.69) is 16.0 Å². The summed E-state index contributed by atoms with van der Waals surface area (Å²) in [6.45, 7) is 0. The summed E-state index contributed by atoms with van der Waals surface area (Å²) in [6.07, 6.45) is 4.15. The molecule has 1 aromatic carbocycles. The van der Waals surface area contributed by atoms with Crippen LogP contribution < -0.4 is 5.56 Å². The molecular weight excluding hydrogens is 338 g/mol. The predicted molar refractivity (Wildman–Crippen MR) is 96.5 cm³/mol. The number of nitrogens with one attached hydrogen (secondary N) is 1. The van der Waals surface area contributed by atoms with Crippen molar-refractivity contribution in [3.8, 4) is 5.88 Å². The Morgan fingerprint density at radius 3 is 2.92 bits per heavy atom. The highest BCUT2D eigenvalue weighted by atomic mass is 32.2. The number of carbonyl (C=O) groups excluding carboxylic acids is 1. The van der Waals surface area contributed by atoms with E-state index in [1.165, 1.54) is 5.56 Å². The summed E-state index contributed by atoms with van der Waals surface area (Å²) in [5.41, 5.74) is 2.89. The summed E-state index contributed by atoms with van der Waals surface area (Å²) in [5.74, 6) is -0.254. The first-order chi connectivity index (χ1) is 12.1. The first-order valence-electron chi connectivity index (χ1n) is 8.21. The van der Waals surface area contributed by atoms with E-state index in [0.717, 1.165) is 60.1 Å². The number of benzene rings is 1. The molecule has 1 aliphatic carbocycles. The first kappa shape index (κ1) is 16.0. The molecule has 0 amide bonds. The Kier molecular flexibility index (Phi) is 4.09. The summed E-state index contributed by atoms with van der Waals surface area (Å²) in [5, 5.41) is 10.8. The lowest BCUT2D eigenvalue weighted by atomic mass is 9.96. The maximum Gasteiger partial charge on any atom is 0.255 e. The minimum absolute atomic E-state index is 0.0460. The van der Waals surface area contributed by atoms with Gasteiger partial charge >= 0.3 is 0 Å². The Bertz CT molecular complexity index is 1020. The van der Waals surface area contributed by atoms with Crippen molar-refractivity contribution in [1.29, 1.82) is 0 Å². The van der Waals surface area contributed by atoms with Crippen LogP contribution in [0.1, 0.15) is 28.9 Å². The summed E-state index contributed by atoms with van der Waals surface area (Å²) in [7, 11) is 0. The van der Waals surface area contributed by atoms with E-state index in [4.69, 9.17) is 0 Å². The highest BCUT2D eigenvalue weighted by Crippen LogP contribution is 2.32. The fourth-order valence-electron chi connectivity index (χ4n) is 3.47. The molecule has 0 saturated carbocycles. The Balaban J connectivity index is 1.67. The van der Waals surface area contributed by atoms with Gasteiger partial charge < -0.3 is 10.1 Å². The second-order valence-electron chi connectivity index (χ2n) is 6.08. The number of hydrogen-bond acceptors (Lipinski definition) is 5. The molecule has 0 spiro atoms. The third kappa shape index (κ3) is 2.95. The summed E-state index contributed by atoms with van der Waals surface area (Å²) in [4.78, 5) is 30.6. The van der Waals surface area contributed by atoms with Crippen LogP contribution in [-0.2, 0) is 12.8 Å². The largest absolute Gasteiger partial charge is 0.493 e. The Labute approximate surface area is 147 Å². The molecule has 128 valence electrons. The zero-order valence-corrected chi connectivity index (χ0v) is 14.3. The first-order valence-corrected chi connectivity index (χ1v) is 9.19. The second kappa shape index (κ2) is 6.40. The van der Waals surface area contributed by atoms with Gasteiger partial charge in [0.1, 0.15) is 0 Å². The number of nitrogens with zero attached hydrogens (tertiary/aromatic N) is 2. The number of aromatic hydroxyl groups is 1. The third-order valence-corrected chi connectivity index (χ3v) is 5.32. The van der Waals surface area contributed by atoms with Crippen LogP contribution in [0.4, 0.5) is 0 Å². The fourth-order valence-corrected chi connectivity index (χ4v) is 4.19. The molecule has 25 heavy (non-hydrogen) atoms. The van der Waals surface area contributed by atoms with Crippen molar-refractivity contribution in [2.24, 2.45) is 0 Å². The van der Waals surface area contributed by atoms with E-state index >= 15 is 0 Å². The van der Waals surface area contributed by atoms with Crippen LogP contribution in [0.3, 0.4) is 0 Å². The molecule has 6 nitrogen and oxygen atoms in total. The van der Waals surface area contributed by atoms with Gasteiger partial charge in [0, 0.05) is 11.1 Å². The number of carbonyl (C=O) groups is 1. The molecule has 3 aromatic rings. The number of aromatic amines is 1. The summed E-state index contributed by atoms with van der Waals surface area (Å²) < 4.78 is 1.82. The number of thioether (sulfide) groups is 1. The molecule has 0 aliphatic heterocycles. The SMILES string of the molecule is O=C(CSc1nc(O)cc(=O)[nH]1)n1c2c(c3ccccc31)CCCC2. The lowest BCUT2D eigenvalue weighted by molar-refractivity contribution is 0.0943. The number of aromatic nitrogens is 3. The van der Waals surface area contributed by atoms with Gasteiger partial charge in [0.15, 0.2) is 5.16 Å². The molecule has 7 heteroatoms. The third-order valence-electron chi connectivity index (χ3n) is 4.47. The topological polar surface area (TPSA) is 88.0 Å². The highest BCUT2D eigenvalue weighted by molar-refractivity contribution is 7.99. The maximum absolute atomic E-state index is 12.9. The number of aryl methyl sites for hydroxylation is 1. The van der Waals surface area contributed by atoms with Crippen molar-refractivity contribution in [3.63, 3.8) is 0 Å². The van der Waals surface area contributed by atoms with Gasteiger partial charge in [0.05, 0.1) is 17.3 Å². The molecule has 2 aromatic heterocycles. The van der Waals surface area contributed by atoms with E-state index in [0.29, 0.717) is 0 Å². The molecular formula is C18H17N3O3S. The number of para-hydroxylation sites is 1. The van der Waals surface area contributed by atoms with Crippen LogP contribution in [0.15, 0.2) is 40.3 Å². The van der Waals surface area contributed by atoms with E-state index in [1.54, 1.807) is 0 Å². The highest BCUT2D eigenvalue weighted by Gasteiger charge is 2.23. The molecule has 0 radical (unpaired) electrons. The van der Waals surface area contributed by atoms with Crippen molar-refractivity contribution in [2.75, 3.05) is 5.75 Å². The van der Waals surface area contributed by atoms with Crippen LogP contribution in [0.2, 0.25) is 0 Å². The van der Waals surface area contributed by atoms with Crippen molar-refractivity contribution >= 4 is 28.6 Å². The van der Waals surface area contributed by atoms with E-state index in [9.17, 15) is 14.7 Å². The normalized spacial score (nSPS) is 13.8. The molecule has 2 heterocycles. The average molecular weight is 355 g/mol.